The van der Waals surface area contributed by atoms with Crippen LogP contribution in [0.3, 0.4) is 0 Å². The molecule has 2 aromatic heterocycles. The number of halogens is 2. The lowest BCUT2D eigenvalue weighted by Crippen LogP contribution is -2.43. The van der Waals surface area contributed by atoms with E-state index in [4.69, 9.17) is 16.3 Å². The first-order valence-corrected chi connectivity index (χ1v) is 9.11. The summed E-state index contributed by atoms with van der Waals surface area (Å²) >= 11 is 9.75. The van der Waals surface area contributed by atoms with E-state index in [0.717, 1.165) is 58.3 Å². The molecule has 0 amide bonds. The van der Waals surface area contributed by atoms with E-state index in [-0.39, 0.29) is 5.28 Å². The minimum atomic E-state index is 0.195. The van der Waals surface area contributed by atoms with Crippen LogP contribution in [0.15, 0.2) is 16.6 Å². The van der Waals surface area contributed by atoms with Crippen LogP contribution in [0.25, 0.3) is 21.9 Å². The number of nitrogens with zero attached hydrogens (tertiary/aromatic N) is 3. The molecule has 0 aliphatic carbocycles. The molecule has 126 valence electrons. The highest BCUT2D eigenvalue weighted by molar-refractivity contribution is 9.10. The van der Waals surface area contributed by atoms with Gasteiger partial charge in [0.2, 0.25) is 11.2 Å². The van der Waals surface area contributed by atoms with Gasteiger partial charge in [-0.3, -0.25) is 0 Å². The average molecular weight is 411 g/mol. The lowest BCUT2D eigenvalue weighted by molar-refractivity contribution is 0.330. The lowest BCUT2D eigenvalue weighted by atomic mass is 10.1. The second-order valence-corrected chi connectivity index (χ2v) is 6.92. The van der Waals surface area contributed by atoms with E-state index >= 15 is 0 Å². The largest absolute Gasteiger partial charge is 0.476 e. The minimum absolute atomic E-state index is 0.195. The summed E-state index contributed by atoms with van der Waals surface area (Å²) < 4.78 is 6.66. The van der Waals surface area contributed by atoms with E-state index in [1.807, 2.05) is 13.0 Å². The number of benzene rings is 1. The molecule has 6 nitrogen and oxygen atoms in total. The smallest absolute Gasteiger partial charge is 0.242 e. The maximum atomic E-state index is 6.14. The standard InChI is InChI=1S/C16H17BrClN5O/c1-2-24-15-14-13(21-16(18)22-15)12-10(20-14)7-9(17)8-11(12)23-5-3-19-4-6-23/h7-8,19-20H,2-6H2,1H3. The SMILES string of the molecule is CCOc1nc(Cl)nc2c1[nH]c1cc(Br)cc(N3CCNCC3)c12. The molecule has 0 atom stereocenters. The summed E-state index contributed by atoms with van der Waals surface area (Å²) in [6.45, 7) is 6.29. The van der Waals surface area contributed by atoms with Crippen LogP contribution < -0.4 is 15.0 Å². The maximum absolute atomic E-state index is 6.14. The molecule has 0 saturated carbocycles. The quantitative estimate of drug-likeness (QED) is 0.648. The number of hydrogen-bond donors (Lipinski definition) is 2. The predicted molar refractivity (Wildman–Crippen MR) is 100 cm³/mol. The molecule has 1 aliphatic heterocycles. The second kappa shape index (κ2) is 6.38. The van der Waals surface area contributed by atoms with Crippen molar-refractivity contribution in [3.63, 3.8) is 0 Å². The normalized spacial score (nSPS) is 15.4. The molecule has 0 bridgehead atoms. The van der Waals surface area contributed by atoms with Gasteiger partial charge >= 0.3 is 0 Å². The van der Waals surface area contributed by atoms with Crippen molar-refractivity contribution in [3.05, 3.63) is 21.9 Å². The van der Waals surface area contributed by atoms with Gasteiger partial charge in [-0.25, -0.2) is 4.98 Å². The lowest BCUT2D eigenvalue weighted by Gasteiger charge is -2.30. The van der Waals surface area contributed by atoms with Gasteiger partial charge in [-0.2, -0.15) is 4.98 Å². The molecule has 1 aliphatic rings. The molecular weight excluding hydrogens is 394 g/mol. The predicted octanol–water partition coefficient (Wildman–Crippen LogP) is 3.34. The number of anilines is 1. The van der Waals surface area contributed by atoms with Crippen LogP contribution in [0.2, 0.25) is 5.28 Å². The zero-order valence-corrected chi connectivity index (χ0v) is 15.5. The Kier molecular flexibility index (Phi) is 4.24. The van der Waals surface area contributed by atoms with Crippen molar-refractivity contribution in [2.45, 2.75) is 6.92 Å². The third kappa shape index (κ3) is 2.70. The van der Waals surface area contributed by atoms with Crippen LogP contribution in [0.1, 0.15) is 6.92 Å². The second-order valence-electron chi connectivity index (χ2n) is 5.66. The number of fused-ring (bicyclic) bond motifs is 3. The Morgan fingerprint density at radius 2 is 2.08 bits per heavy atom. The molecule has 1 saturated heterocycles. The van der Waals surface area contributed by atoms with E-state index in [1.165, 1.54) is 0 Å². The summed E-state index contributed by atoms with van der Waals surface area (Å²) in [6.07, 6.45) is 0. The fourth-order valence-electron chi connectivity index (χ4n) is 3.18. The Bertz CT molecular complexity index is 906. The van der Waals surface area contributed by atoms with Gasteiger partial charge in [-0.15, -0.1) is 0 Å². The number of rotatable bonds is 3. The Hall–Kier alpha value is -1.57. The van der Waals surface area contributed by atoms with E-state index < -0.39 is 0 Å². The Morgan fingerprint density at radius 1 is 1.29 bits per heavy atom. The van der Waals surface area contributed by atoms with Gasteiger partial charge in [-0.05, 0) is 30.7 Å². The Labute approximate surface area is 152 Å². The summed E-state index contributed by atoms with van der Waals surface area (Å²) in [4.78, 5) is 14.5. The van der Waals surface area contributed by atoms with E-state index in [1.54, 1.807) is 0 Å². The molecule has 0 spiro atoms. The number of aromatic nitrogens is 3. The van der Waals surface area contributed by atoms with Crippen molar-refractivity contribution < 1.29 is 4.74 Å². The monoisotopic (exact) mass is 409 g/mol. The number of piperazine rings is 1. The van der Waals surface area contributed by atoms with E-state index in [2.05, 4.69) is 47.2 Å². The number of hydrogen-bond acceptors (Lipinski definition) is 5. The number of ether oxygens (including phenoxy) is 1. The first kappa shape index (κ1) is 15.9. The molecule has 1 fully saturated rings. The highest BCUT2D eigenvalue weighted by atomic mass is 79.9. The van der Waals surface area contributed by atoms with Crippen LogP contribution in [0.4, 0.5) is 5.69 Å². The van der Waals surface area contributed by atoms with Crippen molar-refractivity contribution in [1.29, 1.82) is 0 Å². The van der Waals surface area contributed by atoms with Crippen LogP contribution in [-0.2, 0) is 0 Å². The van der Waals surface area contributed by atoms with Crippen molar-refractivity contribution in [2.75, 3.05) is 37.7 Å². The van der Waals surface area contributed by atoms with Gasteiger partial charge < -0.3 is 19.9 Å². The van der Waals surface area contributed by atoms with Crippen molar-refractivity contribution in [3.8, 4) is 5.88 Å². The molecule has 4 rings (SSSR count). The van der Waals surface area contributed by atoms with Crippen LogP contribution in [0, 0.1) is 0 Å². The molecule has 2 N–H and O–H groups in total. The fraction of sp³-hybridized carbons (Fsp3) is 0.375. The van der Waals surface area contributed by atoms with Crippen LogP contribution in [0.5, 0.6) is 5.88 Å². The summed E-state index contributed by atoms with van der Waals surface area (Å²) in [5.74, 6) is 0.492. The highest BCUT2D eigenvalue weighted by Crippen LogP contribution is 2.38. The van der Waals surface area contributed by atoms with Crippen molar-refractivity contribution in [1.82, 2.24) is 20.3 Å². The van der Waals surface area contributed by atoms with Crippen LogP contribution in [-0.4, -0.2) is 47.7 Å². The van der Waals surface area contributed by atoms with Crippen molar-refractivity contribution >= 4 is 55.2 Å². The molecule has 3 heterocycles. The number of H-pyrrole nitrogens is 1. The first-order chi connectivity index (χ1) is 11.7. The molecule has 3 aromatic rings. The molecular formula is C16H17BrClN5O. The molecule has 1 aromatic carbocycles. The molecule has 0 radical (unpaired) electrons. The van der Waals surface area contributed by atoms with Gasteiger partial charge in [0.25, 0.3) is 0 Å². The zero-order valence-electron chi connectivity index (χ0n) is 13.2. The summed E-state index contributed by atoms with van der Waals surface area (Å²) in [6, 6.07) is 4.18. The molecule has 0 unspecified atom stereocenters. The topological polar surface area (TPSA) is 66.1 Å². The Balaban J connectivity index is 2.01. The first-order valence-electron chi connectivity index (χ1n) is 7.94. The Morgan fingerprint density at radius 3 is 2.83 bits per heavy atom. The van der Waals surface area contributed by atoms with Crippen molar-refractivity contribution in [2.24, 2.45) is 0 Å². The van der Waals surface area contributed by atoms with Gasteiger partial charge in [0.15, 0.2) is 0 Å². The summed E-state index contributed by atoms with van der Waals surface area (Å²) in [5, 5.41) is 4.64. The zero-order chi connectivity index (χ0) is 16.7. The third-order valence-electron chi connectivity index (χ3n) is 4.17. The van der Waals surface area contributed by atoms with Gasteiger partial charge in [0, 0.05) is 41.7 Å². The summed E-state index contributed by atoms with van der Waals surface area (Å²) in [5.41, 5.74) is 3.72. The highest BCUT2D eigenvalue weighted by Gasteiger charge is 2.21. The maximum Gasteiger partial charge on any atom is 0.242 e. The number of nitrogens with one attached hydrogen (secondary N) is 2. The number of aromatic amines is 1. The van der Waals surface area contributed by atoms with Gasteiger partial charge in [0.05, 0.1) is 12.1 Å². The minimum Gasteiger partial charge on any atom is -0.476 e. The summed E-state index contributed by atoms with van der Waals surface area (Å²) in [7, 11) is 0. The van der Waals surface area contributed by atoms with E-state index in [0.29, 0.717) is 12.5 Å². The molecule has 24 heavy (non-hydrogen) atoms. The van der Waals surface area contributed by atoms with Gasteiger partial charge in [-0.1, -0.05) is 15.9 Å². The molecule has 8 heteroatoms. The fourth-order valence-corrected chi connectivity index (χ4v) is 3.79. The van der Waals surface area contributed by atoms with Gasteiger partial charge in [0.1, 0.15) is 11.0 Å². The average Bonchev–Trinajstić information content (AvgIpc) is 2.93. The third-order valence-corrected chi connectivity index (χ3v) is 4.79. The van der Waals surface area contributed by atoms with Crippen LogP contribution >= 0.6 is 27.5 Å². The van der Waals surface area contributed by atoms with E-state index in [9.17, 15) is 0 Å².